The Labute approximate surface area is 176 Å². The molecule has 0 unspecified atom stereocenters. The lowest BCUT2D eigenvalue weighted by Crippen LogP contribution is -2.25. The molecule has 1 heterocycles. The first-order valence-electron chi connectivity index (χ1n) is 12.0. The summed E-state index contributed by atoms with van der Waals surface area (Å²) in [5.41, 5.74) is 0.210. The zero-order valence-electron chi connectivity index (χ0n) is 18.1. The molecule has 0 spiro atoms. The Kier molecular flexibility index (Phi) is 8.96. The summed E-state index contributed by atoms with van der Waals surface area (Å²) in [5.74, 6) is 7.62. The highest BCUT2D eigenvalue weighted by molar-refractivity contribution is 5.33. The fourth-order valence-electron chi connectivity index (χ4n) is 5.40. The summed E-state index contributed by atoms with van der Waals surface area (Å²) in [4.78, 5) is 3.21. The Bertz CT molecular complexity index is 674. The van der Waals surface area contributed by atoms with E-state index in [2.05, 4.69) is 23.7 Å². The van der Waals surface area contributed by atoms with Crippen LogP contribution in [0.2, 0.25) is 0 Å². The molecular weight excluding hydrogens is 364 g/mol. The number of pyridine rings is 1. The van der Waals surface area contributed by atoms with Crippen molar-refractivity contribution in [2.75, 3.05) is 0 Å². The van der Waals surface area contributed by atoms with E-state index < -0.39 is 11.9 Å². The van der Waals surface area contributed by atoms with Crippen LogP contribution in [0.1, 0.15) is 102 Å². The Morgan fingerprint density at radius 2 is 1.52 bits per heavy atom. The molecule has 1 aromatic heterocycles. The van der Waals surface area contributed by atoms with Crippen molar-refractivity contribution < 1.29 is 8.78 Å². The van der Waals surface area contributed by atoms with E-state index in [0.717, 1.165) is 30.6 Å². The van der Waals surface area contributed by atoms with Gasteiger partial charge in [-0.2, -0.15) is 13.8 Å². The number of unbranched alkanes of at least 4 members (excludes halogenated alkanes) is 4. The van der Waals surface area contributed by atoms with E-state index in [9.17, 15) is 8.78 Å². The van der Waals surface area contributed by atoms with E-state index in [1.807, 2.05) is 0 Å². The maximum Gasteiger partial charge on any atom is 0.231 e. The SMILES string of the molecule is CCCCCCC[C@H]1CC[C@H](C2CCC(C#Cc3ccc(F)nc3F)CC2)CC1. The monoisotopic (exact) mass is 401 g/mol. The second-order valence-electron chi connectivity index (χ2n) is 9.34. The van der Waals surface area contributed by atoms with Crippen LogP contribution in [0.5, 0.6) is 0 Å². The Balaban J connectivity index is 1.36. The van der Waals surface area contributed by atoms with Crippen molar-refractivity contribution in [1.82, 2.24) is 4.98 Å². The van der Waals surface area contributed by atoms with Gasteiger partial charge in [-0.15, -0.1) is 0 Å². The lowest BCUT2D eigenvalue weighted by molar-refractivity contribution is 0.153. The fourth-order valence-corrected chi connectivity index (χ4v) is 5.40. The second-order valence-corrected chi connectivity index (χ2v) is 9.34. The van der Waals surface area contributed by atoms with E-state index in [-0.39, 0.29) is 5.56 Å². The van der Waals surface area contributed by atoms with Crippen molar-refractivity contribution in [2.24, 2.45) is 23.7 Å². The van der Waals surface area contributed by atoms with Gasteiger partial charge in [0.15, 0.2) is 0 Å². The van der Waals surface area contributed by atoms with Gasteiger partial charge in [0.05, 0.1) is 5.56 Å². The van der Waals surface area contributed by atoms with Crippen molar-refractivity contribution in [3.8, 4) is 11.8 Å². The van der Waals surface area contributed by atoms with Crippen LogP contribution in [-0.4, -0.2) is 4.98 Å². The summed E-state index contributed by atoms with van der Waals surface area (Å²) < 4.78 is 26.5. The van der Waals surface area contributed by atoms with Crippen molar-refractivity contribution in [3.05, 3.63) is 29.6 Å². The van der Waals surface area contributed by atoms with Gasteiger partial charge >= 0.3 is 0 Å². The van der Waals surface area contributed by atoms with Crippen LogP contribution < -0.4 is 0 Å². The molecule has 1 nitrogen and oxygen atoms in total. The van der Waals surface area contributed by atoms with Crippen molar-refractivity contribution in [1.29, 1.82) is 0 Å². The fraction of sp³-hybridized carbons (Fsp3) is 0.731. The molecule has 0 aliphatic heterocycles. The van der Waals surface area contributed by atoms with Crippen LogP contribution in [0.15, 0.2) is 12.1 Å². The summed E-state index contributed by atoms with van der Waals surface area (Å²) in [6.45, 7) is 2.28. The minimum atomic E-state index is -0.798. The van der Waals surface area contributed by atoms with Crippen LogP contribution in [0.3, 0.4) is 0 Å². The van der Waals surface area contributed by atoms with E-state index in [1.54, 1.807) is 0 Å². The molecule has 3 rings (SSSR count). The van der Waals surface area contributed by atoms with Crippen molar-refractivity contribution in [2.45, 2.75) is 96.8 Å². The molecule has 29 heavy (non-hydrogen) atoms. The third-order valence-electron chi connectivity index (χ3n) is 7.27. The maximum atomic E-state index is 13.6. The van der Waals surface area contributed by atoms with Crippen LogP contribution in [0.25, 0.3) is 0 Å². The van der Waals surface area contributed by atoms with Gasteiger partial charge in [0.2, 0.25) is 11.9 Å². The highest BCUT2D eigenvalue weighted by Crippen LogP contribution is 2.42. The van der Waals surface area contributed by atoms with Crippen molar-refractivity contribution in [3.63, 3.8) is 0 Å². The van der Waals surface area contributed by atoms with E-state index in [4.69, 9.17) is 0 Å². The summed E-state index contributed by atoms with van der Waals surface area (Å²) in [7, 11) is 0. The standard InChI is InChI=1S/C26H37F2N/c1-2-3-4-5-6-7-20-8-13-22(14-9-20)23-15-10-21(11-16-23)12-17-24-18-19-25(27)29-26(24)28/h18-23H,2-11,13-16H2,1H3/t20-,21?,22-,23?. The van der Waals surface area contributed by atoms with Crippen LogP contribution in [0, 0.1) is 47.4 Å². The van der Waals surface area contributed by atoms with Gasteiger partial charge in [0.1, 0.15) is 0 Å². The van der Waals surface area contributed by atoms with Gasteiger partial charge < -0.3 is 0 Å². The quantitative estimate of drug-likeness (QED) is 0.259. The van der Waals surface area contributed by atoms with Gasteiger partial charge in [0.25, 0.3) is 0 Å². The third-order valence-corrected chi connectivity index (χ3v) is 7.27. The van der Waals surface area contributed by atoms with Gasteiger partial charge in [-0.1, -0.05) is 70.1 Å². The minimum absolute atomic E-state index is 0.210. The minimum Gasteiger partial charge on any atom is -0.189 e. The van der Waals surface area contributed by atoms with E-state index in [1.165, 1.54) is 89.2 Å². The van der Waals surface area contributed by atoms with Crippen molar-refractivity contribution >= 4 is 0 Å². The zero-order valence-corrected chi connectivity index (χ0v) is 18.1. The zero-order chi connectivity index (χ0) is 20.5. The molecule has 0 saturated heterocycles. The summed E-state index contributed by atoms with van der Waals surface area (Å²) in [6, 6.07) is 2.56. The summed E-state index contributed by atoms with van der Waals surface area (Å²) in [5, 5.41) is 0. The molecular formula is C26H37F2N. The highest BCUT2D eigenvalue weighted by Gasteiger charge is 2.30. The predicted molar refractivity (Wildman–Crippen MR) is 115 cm³/mol. The molecule has 0 amide bonds. The number of hydrogen-bond acceptors (Lipinski definition) is 1. The number of nitrogens with zero attached hydrogens (tertiary/aromatic N) is 1. The molecule has 2 saturated carbocycles. The first-order chi connectivity index (χ1) is 14.2. The number of aromatic nitrogens is 1. The lowest BCUT2D eigenvalue weighted by atomic mass is 9.69. The van der Waals surface area contributed by atoms with E-state index >= 15 is 0 Å². The average molecular weight is 402 g/mol. The average Bonchev–Trinajstić information content (AvgIpc) is 2.74. The van der Waals surface area contributed by atoms with Crippen LogP contribution in [0.4, 0.5) is 8.78 Å². The molecule has 0 N–H and O–H groups in total. The number of hydrogen-bond donors (Lipinski definition) is 0. The van der Waals surface area contributed by atoms with E-state index in [0.29, 0.717) is 5.92 Å². The maximum absolute atomic E-state index is 13.6. The largest absolute Gasteiger partial charge is 0.231 e. The molecule has 3 heteroatoms. The molecule has 0 atom stereocenters. The van der Waals surface area contributed by atoms with Gasteiger partial charge in [-0.05, 0) is 68.4 Å². The summed E-state index contributed by atoms with van der Waals surface area (Å²) >= 11 is 0. The summed E-state index contributed by atoms with van der Waals surface area (Å²) in [6.07, 6.45) is 18.9. The Hall–Kier alpha value is -1.43. The lowest BCUT2D eigenvalue weighted by Gasteiger charge is -2.37. The molecule has 160 valence electrons. The normalized spacial score (nSPS) is 27.3. The number of halogens is 2. The first-order valence-corrected chi connectivity index (χ1v) is 12.0. The van der Waals surface area contributed by atoms with Crippen LogP contribution in [-0.2, 0) is 0 Å². The molecule has 0 bridgehead atoms. The Morgan fingerprint density at radius 3 is 2.17 bits per heavy atom. The first kappa shape index (κ1) is 22.3. The van der Waals surface area contributed by atoms with Gasteiger partial charge in [0, 0.05) is 5.92 Å². The molecule has 0 aromatic carbocycles. The molecule has 1 aromatic rings. The molecule has 0 radical (unpaired) electrons. The van der Waals surface area contributed by atoms with Gasteiger partial charge in [-0.25, -0.2) is 0 Å². The van der Waals surface area contributed by atoms with Crippen LogP contribution >= 0.6 is 0 Å². The molecule has 2 aliphatic rings. The second kappa shape index (κ2) is 11.7. The topological polar surface area (TPSA) is 12.9 Å². The molecule has 2 aliphatic carbocycles. The Morgan fingerprint density at radius 1 is 0.862 bits per heavy atom. The van der Waals surface area contributed by atoms with Gasteiger partial charge in [-0.3, -0.25) is 0 Å². The third kappa shape index (κ3) is 7.09. The predicted octanol–water partition coefficient (Wildman–Crippen LogP) is 7.68. The smallest absolute Gasteiger partial charge is 0.189 e. The highest BCUT2D eigenvalue weighted by atomic mass is 19.1. The number of rotatable bonds is 7. The molecule has 2 fully saturated rings.